The van der Waals surface area contributed by atoms with Gasteiger partial charge < -0.3 is 9.84 Å². The van der Waals surface area contributed by atoms with Gasteiger partial charge in [-0.1, -0.05) is 13.8 Å². The molecule has 82 valence electrons. The molecule has 3 nitrogen and oxygen atoms in total. The van der Waals surface area contributed by atoms with Gasteiger partial charge in [0.15, 0.2) is 0 Å². The second-order valence-electron chi connectivity index (χ2n) is 4.96. The Morgan fingerprint density at radius 2 is 2.29 bits per heavy atom. The van der Waals surface area contributed by atoms with Crippen LogP contribution >= 0.6 is 0 Å². The predicted octanol–water partition coefficient (Wildman–Crippen LogP) is 1.88. The Morgan fingerprint density at radius 1 is 1.64 bits per heavy atom. The molecule has 1 heterocycles. The molecule has 2 atom stereocenters. The summed E-state index contributed by atoms with van der Waals surface area (Å²) in [6.45, 7) is 5.99. The largest absolute Gasteiger partial charge is 0.462 e. The van der Waals surface area contributed by atoms with E-state index in [4.69, 9.17) is 4.74 Å². The minimum atomic E-state index is -0.864. The van der Waals surface area contributed by atoms with E-state index in [1.165, 1.54) is 0 Å². The molecular formula is C11H20O3. The summed E-state index contributed by atoms with van der Waals surface area (Å²) in [5.74, 6) is 0.343. The van der Waals surface area contributed by atoms with Gasteiger partial charge in [-0.3, -0.25) is 4.79 Å². The average Bonchev–Trinajstić information content (AvgIpc) is 1.96. The Morgan fingerprint density at radius 3 is 2.79 bits per heavy atom. The van der Waals surface area contributed by atoms with Crippen molar-refractivity contribution in [2.24, 2.45) is 5.92 Å². The maximum absolute atomic E-state index is 11.2. The van der Waals surface area contributed by atoms with Crippen LogP contribution in [0.15, 0.2) is 0 Å². The molecule has 1 aliphatic rings. The number of ether oxygens (including phenoxy) is 1. The van der Waals surface area contributed by atoms with Gasteiger partial charge in [0.25, 0.3) is 0 Å². The van der Waals surface area contributed by atoms with Crippen molar-refractivity contribution in [3.63, 3.8) is 0 Å². The number of hydrogen-bond acceptors (Lipinski definition) is 3. The summed E-state index contributed by atoms with van der Waals surface area (Å²) in [5.41, 5.74) is -0.864. The quantitative estimate of drug-likeness (QED) is 0.707. The van der Waals surface area contributed by atoms with Crippen molar-refractivity contribution in [2.45, 2.75) is 58.2 Å². The van der Waals surface area contributed by atoms with Crippen LogP contribution in [-0.2, 0) is 9.53 Å². The molecule has 1 saturated heterocycles. The maximum Gasteiger partial charge on any atom is 0.308 e. The van der Waals surface area contributed by atoms with Crippen LogP contribution in [0.4, 0.5) is 0 Å². The second-order valence-corrected chi connectivity index (χ2v) is 4.96. The Bertz CT molecular complexity index is 209. The van der Waals surface area contributed by atoms with Crippen LogP contribution < -0.4 is 0 Å². The Hall–Kier alpha value is -0.570. The van der Waals surface area contributed by atoms with Crippen LogP contribution in [-0.4, -0.2) is 22.8 Å². The molecule has 1 N–H and O–H groups in total. The first-order valence-corrected chi connectivity index (χ1v) is 5.31. The fourth-order valence-corrected chi connectivity index (χ4v) is 1.82. The van der Waals surface area contributed by atoms with Crippen molar-refractivity contribution in [1.82, 2.24) is 0 Å². The monoisotopic (exact) mass is 200 g/mol. The molecule has 0 aromatic heterocycles. The van der Waals surface area contributed by atoms with Crippen LogP contribution in [0.1, 0.15) is 46.5 Å². The molecular weight excluding hydrogens is 180 g/mol. The van der Waals surface area contributed by atoms with E-state index in [1.54, 1.807) is 6.92 Å². The van der Waals surface area contributed by atoms with E-state index in [2.05, 4.69) is 13.8 Å². The van der Waals surface area contributed by atoms with Crippen LogP contribution in [0.3, 0.4) is 0 Å². The fourth-order valence-electron chi connectivity index (χ4n) is 1.82. The molecule has 3 heteroatoms. The fraction of sp³-hybridized carbons (Fsp3) is 0.909. The lowest BCUT2D eigenvalue weighted by molar-refractivity contribution is -0.168. The molecule has 0 spiro atoms. The molecule has 14 heavy (non-hydrogen) atoms. The minimum absolute atomic E-state index is 0.0892. The molecule has 0 bridgehead atoms. The third-order valence-electron chi connectivity index (χ3n) is 2.56. The van der Waals surface area contributed by atoms with Gasteiger partial charge in [-0.2, -0.15) is 0 Å². The van der Waals surface area contributed by atoms with Gasteiger partial charge in [-0.05, 0) is 25.7 Å². The summed E-state index contributed by atoms with van der Waals surface area (Å²) in [6.07, 6.45) is 2.51. The van der Waals surface area contributed by atoms with Crippen molar-refractivity contribution in [1.29, 1.82) is 0 Å². The summed E-state index contributed by atoms with van der Waals surface area (Å²) >= 11 is 0. The highest BCUT2D eigenvalue weighted by Crippen LogP contribution is 2.27. The summed E-state index contributed by atoms with van der Waals surface area (Å²) in [5, 5.41) is 9.78. The molecule has 0 radical (unpaired) electrons. The van der Waals surface area contributed by atoms with Crippen LogP contribution in [0, 0.1) is 5.92 Å². The number of esters is 1. The first-order chi connectivity index (χ1) is 6.39. The lowest BCUT2D eigenvalue weighted by atomic mass is 9.89. The summed E-state index contributed by atoms with van der Waals surface area (Å²) in [4.78, 5) is 11.2. The maximum atomic E-state index is 11.2. The SMILES string of the molecule is CC(C)CCC1CC(C)(O)CC(=O)O1. The van der Waals surface area contributed by atoms with E-state index >= 15 is 0 Å². The third kappa shape index (κ3) is 3.66. The van der Waals surface area contributed by atoms with Gasteiger partial charge >= 0.3 is 5.97 Å². The highest BCUT2D eigenvalue weighted by molar-refractivity contribution is 5.71. The first kappa shape index (κ1) is 11.5. The number of rotatable bonds is 3. The molecule has 1 rings (SSSR count). The van der Waals surface area contributed by atoms with E-state index in [1.807, 2.05) is 0 Å². The molecule has 2 unspecified atom stereocenters. The van der Waals surface area contributed by atoms with Gasteiger partial charge in [0.2, 0.25) is 0 Å². The molecule has 0 aromatic carbocycles. The number of carbonyl (C=O) groups is 1. The zero-order chi connectivity index (χ0) is 10.8. The normalized spacial score (nSPS) is 33.2. The van der Waals surface area contributed by atoms with E-state index in [0.29, 0.717) is 12.3 Å². The molecule has 1 fully saturated rings. The summed E-state index contributed by atoms with van der Waals surface area (Å²) < 4.78 is 5.17. The Balaban J connectivity index is 2.42. The van der Waals surface area contributed by atoms with E-state index in [0.717, 1.165) is 12.8 Å². The zero-order valence-corrected chi connectivity index (χ0v) is 9.25. The van der Waals surface area contributed by atoms with Crippen molar-refractivity contribution < 1.29 is 14.6 Å². The molecule has 1 aliphatic heterocycles. The van der Waals surface area contributed by atoms with Gasteiger partial charge in [0, 0.05) is 6.42 Å². The number of aliphatic hydroxyl groups is 1. The molecule has 0 aromatic rings. The first-order valence-electron chi connectivity index (χ1n) is 5.31. The number of hydrogen-bond donors (Lipinski definition) is 1. The van der Waals surface area contributed by atoms with Crippen molar-refractivity contribution in [2.75, 3.05) is 0 Å². The summed E-state index contributed by atoms with van der Waals surface area (Å²) in [6, 6.07) is 0. The lowest BCUT2D eigenvalue weighted by Crippen LogP contribution is -2.41. The highest BCUT2D eigenvalue weighted by Gasteiger charge is 2.35. The highest BCUT2D eigenvalue weighted by atomic mass is 16.5. The zero-order valence-electron chi connectivity index (χ0n) is 9.25. The average molecular weight is 200 g/mol. The number of cyclic esters (lactones) is 1. The Kier molecular flexibility index (Phi) is 3.53. The van der Waals surface area contributed by atoms with Crippen molar-refractivity contribution in [3.8, 4) is 0 Å². The van der Waals surface area contributed by atoms with Gasteiger partial charge in [0.05, 0.1) is 12.0 Å². The second kappa shape index (κ2) is 4.30. The molecule has 0 aliphatic carbocycles. The van der Waals surface area contributed by atoms with Crippen molar-refractivity contribution in [3.05, 3.63) is 0 Å². The van der Waals surface area contributed by atoms with Crippen molar-refractivity contribution >= 4 is 5.97 Å². The third-order valence-corrected chi connectivity index (χ3v) is 2.56. The number of carbonyl (C=O) groups excluding carboxylic acids is 1. The van der Waals surface area contributed by atoms with Crippen LogP contribution in [0.25, 0.3) is 0 Å². The van der Waals surface area contributed by atoms with Gasteiger partial charge in [0.1, 0.15) is 6.10 Å². The van der Waals surface area contributed by atoms with E-state index in [9.17, 15) is 9.90 Å². The Labute approximate surface area is 85.5 Å². The smallest absolute Gasteiger partial charge is 0.308 e. The lowest BCUT2D eigenvalue weighted by Gasteiger charge is -2.33. The minimum Gasteiger partial charge on any atom is -0.462 e. The van der Waals surface area contributed by atoms with Gasteiger partial charge in [-0.25, -0.2) is 0 Å². The standard InChI is InChI=1S/C11H20O3/c1-8(2)4-5-9-6-11(3,13)7-10(12)14-9/h8-9,13H,4-7H2,1-3H3. The predicted molar refractivity (Wildman–Crippen MR) is 53.8 cm³/mol. The van der Waals surface area contributed by atoms with E-state index < -0.39 is 5.60 Å². The topological polar surface area (TPSA) is 46.5 Å². The van der Waals surface area contributed by atoms with E-state index in [-0.39, 0.29) is 18.5 Å². The summed E-state index contributed by atoms with van der Waals surface area (Å²) in [7, 11) is 0. The van der Waals surface area contributed by atoms with Crippen LogP contribution in [0.2, 0.25) is 0 Å². The molecule has 0 saturated carbocycles. The van der Waals surface area contributed by atoms with Crippen LogP contribution in [0.5, 0.6) is 0 Å². The molecule has 0 amide bonds. The van der Waals surface area contributed by atoms with Gasteiger partial charge in [-0.15, -0.1) is 0 Å².